The van der Waals surface area contributed by atoms with Crippen molar-refractivity contribution < 1.29 is 9.47 Å². The summed E-state index contributed by atoms with van der Waals surface area (Å²) in [4.78, 5) is 0.784. The van der Waals surface area contributed by atoms with E-state index < -0.39 is 0 Å². The first-order valence-corrected chi connectivity index (χ1v) is 8.69. The summed E-state index contributed by atoms with van der Waals surface area (Å²) < 4.78 is 12.2. The van der Waals surface area contributed by atoms with Crippen LogP contribution in [0.25, 0.3) is 0 Å². The molecule has 0 aromatic carbocycles. The quantitative estimate of drug-likeness (QED) is 0.535. The first-order chi connectivity index (χ1) is 9.15. The van der Waals surface area contributed by atoms with Gasteiger partial charge in [-0.15, -0.1) is 6.42 Å². The van der Waals surface area contributed by atoms with Crippen molar-refractivity contribution in [2.24, 2.45) is 0 Å². The first kappa shape index (κ1) is 15.6. The largest absolute Gasteiger partial charge is 0.371 e. The molecule has 0 saturated carbocycles. The Labute approximate surface area is 132 Å². The number of allylic oxidation sites excluding steroid dienone is 1. The summed E-state index contributed by atoms with van der Waals surface area (Å²) in [6.07, 6.45) is 13.8. The molecule has 0 aromatic rings. The van der Waals surface area contributed by atoms with Gasteiger partial charge in [-0.05, 0) is 25.3 Å². The van der Waals surface area contributed by atoms with Gasteiger partial charge in [0.2, 0.25) is 0 Å². The standard InChI is InChI=1S/C15H20Br2O2/c1-3-5-6-7-12-15-9-14(19-15)11(17)8-13(18-12)10(16)4-2/h1,5-6,10-15H,4,7-9H2,2H3/b6-5-/t10?,11-,12+,13-,14-,15+/m1/s1. The fourth-order valence-corrected chi connectivity index (χ4v) is 3.68. The van der Waals surface area contributed by atoms with Crippen molar-refractivity contribution in [3.8, 4) is 12.3 Å². The zero-order valence-corrected chi connectivity index (χ0v) is 14.3. The molecule has 3 fully saturated rings. The second-order valence-electron chi connectivity index (χ2n) is 5.14. The summed E-state index contributed by atoms with van der Waals surface area (Å²) in [7, 11) is 0. The third-order valence-electron chi connectivity index (χ3n) is 3.82. The summed E-state index contributed by atoms with van der Waals surface area (Å²) in [6, 6.07) is 0. The normalized spacial score (nSPS) is 40.0. The highest BCUT2D eigenvalue weighted by atomic mass is 79.9. The van der Waals surface area contributed by atoms with E-state index in [0.29, 0.717) is 15.8 Å². The number of terminal acetylenes is 1. The van der Waals surface area contributed by atoms with Crippen LogP contribution in [0.5, 0.6) is 0 Å². The van der Waals surface area contributed by atoms with Crippen LogP contribution < -0.4 is 0 Å². The topological polar surface area (TPSA) is 18.5 Å². The third-order valence-corrected chi connectivity index (χ3v) is 6.02. The number of rotatable bonds is 4. The number of fused-ring (bicyclic) bond motifs is 4. The Balaban J connectivity index is 2.02. The van der Waals surface area contributed by atoms with E-state index in [9.17, 15) is 0 Å². The summed E-state index contributed by atoms with van der Waals surface area (Å²) >= 11 is 7.46. The van der Waals surface area contributed by atoms with E-state index in [4.69, 9.17) is 15.9 Å². The van der Waals surface area contributed by atoms with Crippen LogP contribution in [0, 0.1) is 12.3 Å². The Morgan fingerprint density at radius 1 is 1.37 bits per heavy atom. The Bertz CT molecular complexity index is 358. The number of halogens is 2. The molecule has 0 N–H and O–H groups in total. The van der Waals surface area contributed by atoms with E-state index in [1.165, 1.54) is 0 Å². The summed E-state index contributed by atoms with van der Waals surface area (Å²) in [5.41, 5.74) is 0. The molecule has 0 spiro atoms. The van der Waals surface area contributed by atoms with Gasteiger partial charge in [0.15, 0.2) is 0 Å². The Morgan fingerprint density at radius 3 is 2.74 bits per heavy atom. The van der Waals surface area contributed by atoms with Gasteiger partial charge in [0.25, 0.3) is 0 Å². The molecule has 3 aliphatic heterocycles. The van der Waals surface area contributed by atoms with Gasteiger partial charge in [0.1, 0.15) is 0 Å². The van der Waals surface area contributed by atoms with Gasteiger partial charge in [-0.3, -0.25) is 0 Å². The van der Waals surface area contributed by atoms with E-state index in [0.717, 1.165) is 25.7 Å². The number of hydrogen-bond acceptors (Lipinski definition) is 2. The van der Waals surface area contributed by atoms with E-state index >= 15 is 0 Å². The molecule has 3 saturated heterocycles. The average molecular weight is 392 g/mol. The van der Waals surface area contributed by atoms with E-state index in [-0.39, 0.29) is 18.3 Å². The molecule has 3 aliphatic rings. The Hall–Kier alpha value is 0.180. The van der Waals surface area contributed by atoms with E-state index in [1.54, 1.807) is 6.08 Å². The highest BCUT2D eigenvalue weighted by Crippen LogP contribution is 2.39. The predicted octanol–water partition coefficient (Wildman–Crippen LogP) is 3.82. The summed E-state index contributed by atoms with van der Waals surface area (Å²) in [5.74, 6) is 2.52. The van der Waals surface area contributed by atoms with Crippen LogP contribution >= 0.6 is 31.9 Å². The van der Waals surface area contributed by atoms with Gasteiger partial charge in [-0.2, -0.15) is 0 Å². The van der Waals surface area contributed by atoms with Crippen molar-refractivity contribution in [1.29, 1.82) is 0 Å². The maximum Gasteiger partial charge on any atom is 0.0876 e. The molecule has 0 aromatic heterocycles. The molecular formula is C15H20Br2O2. The Kier molecular flexibility index (Phi) is 5.95. The van der Waals surface area contributed by atoms with Gasteiger partial charge in [0, 0.05) is 16.1 Å². The maximum absolute atomic E-state index is 6.29. The average Bonchev–Trinajstić information content (AvgIpc) is 2.32. The molecule has 0 amide bonds. The van der Waals surface area contributed by atoms with Crippen LogP contribution in [0.1, 0.15) is 32.6 Å². The number of alkyl halides is 2. The molecule has 3 heterocycles. The van der Waals surface area contributed by atoms with Crippen molar-refractivity contribution in [2.45, 2.75) is 66.7 Å². The zero-order valence-electron chi connectivity index (χ0n) is 11.1. The number of ether oxygens (including phenoxy) is 2. The van der Waals surface area contributed by atoms with Gasteiger partial charge in [0.05, 0.1) is 24.4 Å². The smallest absolute Gasteiger partial charge is 0.0876 e. The molecule has 1 unspecified atom stereocenters. The third kappa shape index (κ3) is 3.85. The minimum atomic E-state index is 0.123. The number of hydrogen-bond donors (Lipinski definition) is 0. The SMILES string of the molecule is C#C/C=C\C[C@@H]1O[C@@H](C(Br)CC)C[C@@H](Br)[C@H]2C[C@@H]1O2. The van der Waals surface area contributed by atoms with Crippen LogP contribution in [-0.2, 0) is 9.47 Å². The van der Waals surface area contributed by atoms with Gasteiger partial charge >= 0.3 is 0 Å². The van der Waals surface area contributed by atoms with Crippen molar-refractivity contribution >= 4 is 31.9 Å². The molecule has 19 heavy (non-hydrogen) atoms. The monoisotopic (exact) mass is 390 g/mol. The maximum atomic E-state index is 6.29. The van der Waals surface area contributed by atoms with Crippen LogP contribution in [-0.4, -0.2) is 34.1 Å². The molecule has 2 nitrogen and oxygen atoms in total. The minimum absolute atomic E-state index is 0.123. The van der Waals surface area contributed by atoms with Gasteiger partial charge in [-0.1, -0.05) is 50.8 Å². The van der Waals surface area contributed by atoms with Gasteiger partial charge < -0.3 is 9.47 Å². The second kappa shape index (κ2) is 7.26. The highest BCUT2D eigenvalue weighted by molar-refractivity contribution is 9.09. The van der Waals surface area contributed by atoms with E-state index in [1.807, 2.05) is 6.08 Å². The first-order valence-electron chi connectivity index (χ1n) is 6.85. The molecule has 4 heteroatoms. The zero-order chi connectivity index (χ0) is 13.8. The van der Waals surface area contributed by atoms with Crippen LogP contribution in [0.15, 0.2) is 12.2 Å². The predicted molar refractivity (Wildman–Crippen MR) is 84.9 cm³/mol. The summed E-state index contributed by atoms with van der Waals surface area (Å²) in [6.45, 7) is 2.18. The molecular weight excluding hydrogens is 372 g/mol. The lowest BCUT2D eigenvalue weighted by molar-refractivity contribution is -0.213. The van der Waals surface area contributed by atoms with Crippen LogP contribution in [0.4, 0.5) is 0 Å². The van der Waals surface area contributed by atoms with Crippen molar-refractivity contribution in [1.82, 2.24) is 0 Å². The molecule has 0 radical (unpaired) electrons. The highest BCUT2D eigenvalue weighted by Gasteiger charge is 2.44. The lowest BCUT2D eigenvalue weighted by Crippen LogP contribution is -2.55. The molecule has 6 atom stereocenters. The fraction of sp³-hybridized carbons (Fsp3) is 0.733. The lowest BCUT2D eigenvalue weighted by Gasteiger charge is -2.47. The minimum Gasteiger partial charge on any atom is -0.371 e. The van der Waals surface area contributed by atoms with Crippen molar-refractivity contribution in [3.05, 3.63) is 12.2 Å². The molecule has 0 aliphatic carbocycles. The van der Waals surface area contributed by atoms with Crippen molar-refractivity contribution in [3.63, 3.8) is 0 Å². The second-order valence-corrected chi connectivity index (χ2v) is 7.49. The Morgan fingerprint density at radius 2 is 2.11 bits per heavy atom. The molecule has 106 valence electrons. The van der Waals surface area contributed by atoms with Gasteiger partial charge in [-0.25, -0.2) is 0 Å². The lowest BCUT2D eigenvalue weighted by atomic mass is 9.90. The van der Waals surface area contributed by atoms with Crippen LogP contribution in [0.2, 0.25) is 0 Å². The fourth-order valence-electron chi connectivity index (χ4n) is 2.63. The van der Waals surface area contributed by atoms with Crippen LogP contribution in [0.3, 0.4) is 0 Å². The molecule has 3 rings (SSSR count). The molecule has 2 bridgehead atoms. The van der Waals surface area contributed by atoms with Crippen molar-refractivity contribution in [2.75, 3.05) is 0 Å². The summed E-state index contributed by atoms with van der Waals surface area (Å²) in [5, 5.41) is 0. The van der Waals surface area contributed by atoms with E-state index in [2.05, 4.69) is 44.7 Å².